The summed E-state index contributed by atoms with van der Waals surface area (Å²) in [7, 11) is 4.52. The Morgan fingerprint density at radius 1 is 0.731 bits per heavy atom. The summed E-state index contributed by atoms with van der Waals surface area (Å²) in [6, 6.07) is 2.50. The molecule has 0 fully saturated rings. The van der Waals surface area contributed by atoms with Crippen LogP contribution in [0, 0.1) is 23.3 Å². The van der Waals surface area contributed by atoms with Gasteiger partial charge in [0, 0.05) is 12.1 Å². The van der Waals surface area contributed by atoms with Crippen molar-refractivity contribution in [1.29, 1.82) is 0 Å². The van der Waals surface area contributed by atoms with E-state index in [0.717, 1.165) is 7.11 Å². The molecule has 2 aromatic rings. The molecule has 2 aromatic carbocycles. The molecule has 0 unspecified atom stereocenters. The van der Waals surface area contributed by atoms with Gasteiger partial charge < -0.3 is 18.9 Å². The van der Waals surface area contributed by atoms with Crippen molar-refractivity contribution in [3.63, 3.8) is 0 Å². The molecular formula is C17H14F4O5. The summed E-state index contributed by atoms with van der Waals surface area (Å²) >= 11 is 0. The first-order valence-corrected chi connectivity index (χ1v) is 7.06. The second kappa shape index (κ2) is 7.51. The van der Waals surface area contributed by atoms with Crippen LogP contribution in [-0.2, 0) is 4.74 Å². The van der Waals surface area contributed by atoms with Crippen molar-refractivity contribution in [1.82, 2.24) is 0 Å². The van der Waals surface area contributed by atoms with E-state index in [1.165, 1.54) is 33.5 Å². The van der Waals surface area contributed by atoms with Crippen molar-refractivity contribution in [2.45, 2.75) is 0 Å². The minimum Gasteiger partial charge on any atom is -0.496 e. The molecule has 0 saturated carbocycles. The van der Waals surface area contributed by atoms with Crippen molar-refractivity contribution < 1.29 is 41.3 Å². The van der Waals surface area contributed by atoms with E-state index in [1.54, 1.807) is 0 Å². The number of carbonyl (C=O) groups is 1. The summed E-state index contributed by atoms with van der Waals surface area (Å²) in [4.78, 5) is 11.4. The molecule has 0 spiro atoms. The summed E-state index contributed by atoms with van der Waals surface area (Å²) in [6.07, 6.45) is 0. The van der Waals surface area contributed by atoms with Gasteiger partial charge in [0.1, 0.15) is 22.8 Å². The van der Waals surface area contributed by atoms with Gasteiger partial charge in [-0.3, -0.25) is 0 Å². The predicted octanol–water partition coefficient (Wildman–Crippen LogP) is 3.72. The van der Waals surface area contributed by atoms with E-state index in [9.17, 15) is 22.4 Å². The van der Waals surface area contributed by atoms with Gasteiger partial charge in [0.25, 0.3) is 0 Å². The number of benzene rings is 2. The summed E-state index contributed by atoms with van der Waals surface area (Å²) < 4.78 is 76.9. The van der Waals surface area contributed by atoms with E-state index >= 15 is 0 Å². The molecule has 0 bridgehead atoms. The van der Waals surface area contributed by atoms with Gasteiger partial charge in [-0.2, -0.15) is 0 Å². The molecular weight excluding hydrogens is 360 g/mol. The molecule has 0 amide bonds. The fourth-order valence-electron chi connectivity index (χ4n) is 2.38. The van der Waals surface area contributed by atoms with Gasteiger partial charge in [-0.05, 0) is 0 Å². The molecule has 0 aliphatic carbocycles. The van der Waals surface area contributed by atoms with Crippen molar-refractivity contribution in [3.05, 3.63) is 41.0 Å². The van der Waals surface area contributed by atoms with Gasteiger partial charge >= 0.3 is 5.97 Å². The van der Waals surface area contributed by atoms with Crippen molar-refractivity contribution in [3.8, 4) is 28.4 Å². The van der Waals surface area contributed by atoms with Gasteiger partial charge in [0.15, 0.2) is 23.3 Å². The molecule has 2 rings (SSSR count). The first-order chi connectivity index (χ1) is 12.3. The minimum absolute atomic E-state index is 0.163. The Balaban J connectivity index is 2.92. The van der Waals surface area contributed by atoms with Crippen LogP contribution in [0.4, 0.5) is 17.6 Å². The van der Waals surface area contributed by atoms with Gasteiger partial charge in [-0.15, -0.1) is 0 Å². The molecule has 140 valence electrons. The predicted molar refractivity (Wildman–Crippen MR) is 82.7 cm³/mol. The van der Waals surface area contributed by atoms with Crippen LogP contribution in [0.15, 0.2) is 12.1 Å². The third-order valence-electron chi connectivity index (χ3n) is 3.62. The Labute approximate surface area is 146 Å². The summed E-state index contributed by atoms with van der Waals surface area (Å²) in [5, 5.41) is 0. The van der Waals surface area contributed by atoms with Crippen LogP contribution in [0.25, 0.3) is 11.1 Å². The van der Waals surface area contributed by atoms with Crippen molar-refractivity contribution in [2.24, 2.45) is 0 Å². The smallest absolute Gasteiger partial charge is 0.344 e. The fraction of sp³-hybridized carbons (Fsp3) is 0.235. The van der Waals surface area contributed by atoms with Crippen LogP contribution in [0.5, 0.6) is 17.2 Å². The summed E-state index contributed by atoms with van der Waals surface area (Å²) in [5.41, 5.74) is -2.96. The van der Waals surface area contributed by atoms with Gasteiger partial charge in [0.2, 0.25) is 0 Å². The highest BCUT2D eigenvalue weighted by Gasteiger charge is 2.33. The molecule has 0 aliphatic heterocycles. The zero-order chi connectivity index (χ0) is 19.6. The lowest BCUT2D eigenvalue weighted by atomic mass is 9.98. The molecule has 0 aromatic heterocycles. The number of ether oxygens (including phenoxy) is 4. The molecule has 9 heteroatoms. The zero-order valence-electron chi connectivity index (χ0n) is 14.2. The molecule has 0 N–H and O–H groups in total. The Morgan fingerprint density at radius 3 is 1.54 bits per heavy atom. The SMILES string of the molecule is COC(=O)c1c(F)c(F)c(-c2c(OC)cc(OC)cc2OC)c(F)c1F. The van der Waals surface area contributed by atoms with E-state index < -0.39 is 40.4 Å². The first kappa shape index (κ1) is 19.4. The van der Waals surface area contributed by atoms with Crippen molar-refractivity contribution in [2.75, 3.05) is 28.4 Å². The summed E-state index contributed by atoms with van der Waals surface area (Å²) in [6.45, 7) is 0. The summed E-state index contributed by atoms with van der Waals surface area (Å²) in [5.74, 6) is -9.06. The molecule has 0 atom stereocenters. The van der Waals surface area contributed by atoms with Crippen LogP contribution in [-0.4, -0.2) is 34.4 Å². The fourth-order valence-corrected chi connectivity index (χ4v) is 2.38. The number of hydrogen-bond donors (Lipinski definition) is 0. The molecule has 0 aliphatic rings. The maximum Gasteiger partial charge on any atom is 0.344 e. The number of esters is 1. The van der Waals surface area contributed by atoms with E-state index in [1.807, 2.05) is 0 Å². The topological polar surface area (TPSA) is 54.0 Å². The Kier molecular flexibility index (Phi) is 5.59. The van der Waals surface area contributed by atoms with Crippen molar-refractivity contribution >= 4 is 5.97 Å². The molecule has 0 radical (unpaired) electrons. The number of methoxy groups -OCH3 is 4. The largest absolute Gasteiger partial charge is 0.496 e. The lowest BCUT2D eigenvalue weighted by Gasteiger charge is -2.17. The lowest BCUT2D eigenvalue weighted by molar-refractivity contribution is 0.0587. The Hall–Kier alpha value is -2.97. The zero-order valence-corrected chi connectivity index (χ0v) is 14.2. The van der Waals surface area contributed by atoms with E-state index in [4.69, 9.17) is 14.2 Å². The Bertz CT molecular complexity index is 813. The monoisotopic (exact) mass is 374 g/mol. The maximum absolute atomic E-state index is 14.6. The first-order valence-electron chi connectivity index (χ1n) is 7.06. The quantitative estimate of drug-likeness (QED) is 0.454. The van der Waals surface area contributed by atoms with Crippen LogP contribution < -0.4 is 14.2 Å². The highest BCUT2D eigenvalue weighted by atomic mass is 19.2. The Morgan fingerprint density at radius 2 is 1.19 bits per heavy atom. The lowest BCUT2D eigenvalue weighted by Crippen LogP contribution is -2.13. The number of rotatable bonds is 5. The molecule has 0 heterocycles. The molecule has 26 heavy (non-hydrogen) atoms. The highest BCUT2D eigenvalue weighted by molar-refractivity contribution is 5.91. The number of carbonyl (C=O) groups excluding carboxylic acids is 1. The minimum atomic E-state index is -1.90. The third-order valence-corrected chi connectivity index (χ3v) is 3.62. The van der Waals surface area contributed by atoms with Gasteiger partial charge in [-0.25, -0.2) is 22.4 Å². The van der Waals surface area contributed by atoms with E-state index in [0.29, 0.717) is 0 Å². The standard InChI is InChI=1S/C17H14F4O5/c1-23-7-5-8(24-2)10(9(6-7)25-3)11-13(18)15(20)12(17(22)26-4)16(21)14(11)19/h5-6H,1-4H3. The second-order valence-corrected chi connectivity index (χ2v) is 4.90. The van der Waals surface area contributed by atoms with Crippen LogP contribution in [0.2, 0.25) is 0 Å². The van der Waals surface area contributed by atoms with Crippen LogP contribution >= 0.6 is 0 Å². The third kappa shape index (κ3) is 3.00. The van der Waals surface area contributed by atoms with Crippen LogP contribution in [0.3, 0.4) is 0 Å². The highest BCUT2D eigenvalue weighted by Crippen LogP contribution is 2.45. The molecule has 5 nitrogen and oxygen atoms in total. The maximum atomic E-state index is 14.6. The van der Waals surface area contributed by atoms with Gasteiger partial charge in [-0.1, -0.05) is 0 Å². The number of hydrogen-bond acceptors (Lipinski definition) is 5. The second-order valence-electron chi connectivity index (χ2n) is 4.90. The average molecular weight is 374 g/mol. The van der Waals surface area contributed by atoms with E-state index in [2.05, 4.69) is 4.74 Å². The normalized spacial score (nSPS) is 10.5. The number of halogens is 4. The molecule has 0 saturated heterocycles. The van der Waals surface area contributed by atoms with Gasteiger partial charge in [0.05, 0.1) is 39.6 Å². The average Bonchev–Trinajstić information content (AvgIpc) is 2.66. The van der Waals surface area contributed by atoms with E-state index in [-0.39, 0.29) is 22.8 Å². The van der Waals surface area contributed by atoms with Crippen LogP contribution in [0.1, 0.15) is 10.4 Å².